The molecule has 10 heavy (non-hydrogen) atoms. The number of allylic oxidation sites excluding steroid dienone is 1. The van der Waals surface area contributed by atoms with Crippen LogP contribution in [0.1, 0.15) is 27.2 Å². The third kappa shape index (κ3) is 1.74. The number of hydrogen-bond donors (Lipinski definition) is 1. The quantitative estimate of drug-likeness (QED) is 0.554. The lowest BCUT2D eigenvalue weighted by Gasteiger charge is -2.32. The summed E-state index contributed by atoms with van der Waals surface area (Å²) in [5.74, 6) is 0.823. The Morgan fingerprint density at radius 3 is 2.70 bits per heavy atom. The van der Waals surface area contributed by atoms with E-state index in [4.69, 9.17) is 4.74 Å². The predicted molar refractivity (Wildman–Crippen MR) is 39.5 cm³/mol. The van der Waals surface area contributed by atoms with Gasteiger partial charge in [-0.25, -0.2) is 0 Å². The molecule has 2 heteroatoms. The zero-order valence-corrected chi connectivity index (χ0v) is 6.72. The van der Waals surface area contributed by atoms with Crippen LogP contribution in [0.5, 0.6) is 0 Å². The third-order valence-electron chi connectivity index (χ3n) is 1.57. The van der Waals surface area contributed by atoms with Gasteiger partial charge in [-0.1, -0.05) is 0 Å². The van der Waals surface area contributed by atoms with Gasteiger partial charge in [0.05, 0.1) is 11.9 Å². The molecule has 1 rings (SSSR count). The van der Waals surface area contributed by atoms with Crippen LogP contribution in [0.25, 0.3) is 0 Å². The van der Waals surface area contributed by atoms with Gasteiger partial charge in [0.1, 0.15) is 5.60 Å². The molecule has 1 heterocycles. The second kappa shape index (κ2) is 2.27. The predicted octanol–water partition coefficient (Wildman–Crippen LogP) is 1.45. The van der Waals surface area contributed by atoms with Crippen LogP contribution in [-0.2, 0) is 4.74 Å². The summed E-state index contributed by atoms with van der Waals surface area (Å²) in [5, 5.41) is 9.26. The van der Waals surface area contributed by atoms with E-state index >= 15 is 0 Å². The van der Waals surface area contributed by atoms with Gasteiger partial charge in [-0.05, 0) is 26.8 Å². The van der Waals surface area contributed by atoms with Crippen LogP contribution in [0.4, 0.5) is 0 Å². The molecule has 0 amide bonds. The molecule has 0 aromatic carbocycles. The zero-order chi connectivity index (χ0) is 7.78. The first kappa shape index (κ1) is 7.61. The Kier molecular flexibility index (Phi) is 1.73. The van der Waals surface area contributed by atoms with Crippen molar-refractivity contribution < 1.29 is 9.84 Å². The number of aliphatic hydroxyl groups excluding tert-OH is 1. The van der Waals surface area contributed by atoms with E-state index in [0.717, 1.165) is 5.76 Å². The van der Waals surface area contributed by atoms with E-state index in [-0.39, 0.29) is 11.7 Å². The second-order valence-electron chi connectivity index (χ2n) is 3.41. The Labute approximate surface area is 61.5 Å². The maximum atomic E-state index is 9.26. The Morgan fingerprint density at radius 2 is 2.30 bits per heavy atom. The molecule has 1 aliphatic rings. The molecule has 0 saturated heterocycles. The molecule has 1 unspecified atom stereocenters. The lowest BCUT2D eigenvalue weighted by molar-refractivity contribution is -0.0192. The zero-order valence-electron chi connectivity index (χ0n) is 6.72. The molecule has 0 aromatic rings. The minimum atomic E-state index is -0.330. The van der Waals surface area contributed by atoms with Crippen LogP contribution < -0.4 is 0 Å². The van der Waals surface area contributed by atoms with Crippen molar-refractivity contribution in [2.75, 3.05) is 0 Å². The van der Waals surface area contributed by atoms with Crippen LogP contribution in [-0.4, -0.2) is 16.8 Å². The highest BCUT2D eigenvalue weighted by Gasteiger charge is 2.27. The van der Waals surface area contributed by atoms with Crippen LogP contribution >= 0.6 is 0 Å². The summed E-state index contributed by atoms with van der Waals surface area (Å²) < 4.78 is 5.45. The summed E-state index contributed by atoms with van der Waals surface area (Å²) in [5.41, 5.74) is -0.196. The van der Waals surface area contributed by atoms with Gasteiger partial charge in [0.2, 0.25) is 0 Å². The van der Waals surface area contributed by atoms with Gasteiger partial charge in [-0.15, -0.1) is 0 Å². The highest BCUT2D eigenvalue weighted by molar-refractivity contribution is 5.02. The second-order valence-corrected chi connectivity index (χ2v) is 3.41. The van der Waals surface area contributed by atoms with Gasteiger partial charge in [-0.2, -0.15) is 0 Å². The largest absolute Gasteiger partial charge is 0.493 e. The summed E-state index contributed by atoms with van der Waals surface area (Å²) in [6.45, 7) is 5.82. The summed E-state index contributed by atoms with van der Waals surface area (Å²) in [4.78, 5) is 0. The highest BCUT2D eigenvalue weighted by atomic mass is 16.5. The first-order chi connectivity index (χ1) is 4.49. The van der Waals surface area contributed by atoms with Gasteiger partial charge >= 0.3 is 0 Å². The minimum Gasteiger partial charge on any atom is -0.493 e. The fourth-order valence-electron chi connectivity index (χ4n) is 1.35. The molecule has 0 fully saturated rings. The van der Waals surface area contributed by atoms with Crippen molar-refractivity contribution in [1.82, 2.24) is 0 Å². The molecular formula is C8H14O2. The topological polar surface area (TPSA) is 29.5 Å². The van der Waals surface area contributed by atoms with E-state index in [1.165, 1.54) is 0 Å². The van der Waals surface area contributed by atoms with Crippen LogP contribution in [0, 0.1) is 0 Å². The minimum absolute atomic E-state index is 0.196. The van der Waals surface area contributed by atoms with E-state index in [2.05, 4.69) is 0 Å². The highest BCUT2D eigenvalue weighted by Crippen LogP contribution is 2.25. The van der Waals surface area contributed by atoms with Gasteiger partial charge < -0.3 is 9.84 Å². The maximum Gasteiger partial charge on any atom is 0.106 e. The smallest absolute Gasteiger partial charge is 0.106 e. The Hall–Kier alpha value is -0.500. The van der Waals surface area contributed by atoms with Crippen LogP contribution in [0.3, 0.4) is 0 Å². The van der Waals surface area contributed by atoms with Crippen LogP contribution in [0.15, 0.2) is 11.8 Å². The number of ether oxygens (including phenoxy) is 1. The van der Waals surface area contributed by atoms with E-state index in [1.54, 1.807) is 6.08 Å². The van der Waals surface area contributed by atoms with E-state index < -0.39 is 0 Å². The maximum absolute atomic E-state index is 9.26. The lowest BCUT2D eigenvalue weighted by Crippen LogP contribution is -2.32. The Bertz CT molecular complexity index is 159. The normalized spacial score (nSPS) is 30.8. The van der Waals surface area contributed by atoms with Crippen molar-refractivity contribution in [3.8, 4) is 0 Å². The molecule has 58 valence electrons. The van der Waals surface area contributed by atoms with Gasteiger partial charge in [0, 0.05) is 6.42 Å². The van der Waals surface area contributed by atoms with E-state index in [9.17, 15) is 5.11 Å². The molecule has 1 atom stereocenters. The molecule has 1 N–H and O–H groups in total. The number of hydrogen-bond acceptors (Lipinski definition) is 2. The van der Waals surface area contributed by atoms with Crippen molar-refractivity contribution >= 4 is 0 Å². The molecule has 0 radical (unpaired) electrons. The molecule has 1 aliphatic heterocycles. The average molecular weight is 142 g/mol. The number of aliphatic hydroxyl groups is 1. The first-order valence-electron chi connectivity index (χ1n) is 3.55. The van der Waals surface area contributed by atoms with E-state index in [1.807, 2.05) is 20.8 Å². The first-order valence-corrected chi connectivity index (χ1v) is 3.55. The van der Waals surface area contributed by atoms with E-state index in [0.29, 0.717) is 6.42 Å². The molecule has 0 aromatic heterocycles. The van der Waals surface area contributed by atoms with Crippen molar-refractivity contribution in [2.24, 2.45) is 0 Å². The monoisotopic (exact) mass is 142 g/mol. The molecule has 0 saturated carbocycles. The fourth-order valence-corrected chi connectivity index (χ4v) is 1.35. The fraction of sp³-hybridized carbons (Fsp3) is 0.750. The third-order valence-corrected chi connectivity index (χ3v) is 1.57. The SMILES string of the molecule is CC1=CC(O)CC(C)(C)O1. The number of rotatable bonds is 0. The van der Waals surface area contributed by atoms with Crippen molar-refractivity contribution in [1.29, 1.82) is 0 Å². The Morgan fingerprint density at radius 1 is 1.70 bits per heavy atom. The van der Waals surface area contributed by atoms with Gasteiger partial charge in [-0.3, -0.25) is 0 Å². The molecule has 0 aliphatic carbocycles. The molecule has 0 spiro atoms. The summed E-state index contributed by atoms with van der Waals surface area (Å²) in [6.07, 6.45) is 2.10. The average Bonchev–Trinajstić information content (AvgIpc) is 1.54. The Balaban J connectivity index is 2.70. The summed E-state index contributed by atoms with van der Waals surface area (Å²) in [6, 6.07) is 0. The molecular weight excluding hydrogens is 128 g/mol. The van der Waals surface area contributed by atoms with Gasteiger partial charge in [0.15, 0.2) is 0 Å². The van der Waals surface area contributed by atoms with Crippen molar-refractivity contribution in [3.63, 3.8) is 0 Å². The van der Waals surface area contributed by atoms with Crippen LogP contribution in [0.2, 0.25) is 0 Å². The molecule has 0 bridgehead atoms. The van der Waals surface area contributed by atoms with Crippen molar-refractivity contribution in [3.05, 3.63) is 11.8 Å². The summed E-state index contributed by atoms with van der Waals surface area (Å²) in [7, 11) is 0. The molecule has 2 nitrogen and oxygen atoms in total. The van der Waals surface area contributed by atoms with Gasteiger partial charge in [0.25, 0.3) is 0 Å². The van der Waals surface area contributed by atoms with Crippen molar-refractivity contribution in [2.45, 2.75) is 38.9 Å². The standard InChI is InChI=1S/C8H14O2/c1-6-4-7(9)5-8(2,3)10-6/h4,7,9H,5H2,1-3H3. The summed E-state index contributed by atoms with van der Waals surface area (Å²) >= 11 is 0. The lowest BCUT2D eigenvalue weighted by atomic mass is 9.98.